The van der Waals surface area contributed by atoms with Gasteiger partial charge in [-0.25, -0.2) is 4.62 Å². The Morgan fingerprint density at radius 1 is 1.09 bits per heavy atom. The van der Waals surface area contributed by atoms with Crippen molar-refractivity contribution >= 4 is 27.1 Å². The quantitative estimate of drug-likeness (QED) is 0.355. The molecule has 0 bridgehead atoms. The third kappa shape index (κ3) is 7.11. The fourth-order valence-corrected chi connectivity index (χ4v) is 2.61. The van der Waals surface area contributed by atoms with Crippen LogP contribution in [0.5, 0.6) is 0 Å². The summed E-state index contributed by atoms with van der Waals surface area (Å²) in [6.07, 6.45) is 0. The summed E-state index contributed by atoms with van der Waals surface area (Å²) >= 11 is 0. The first kappa shape index (κ1) is 19.6. The zero-order chi connectivity index (χ0) is 17.6. The second-order valence-corrected chi connectivity index (χ2v) is 6.11. The average molecular weight is 355 g/mol. The van der Waals surface area contributed by atoms with Crippen LogP contribution < -0.4 is 4.62 Å². The van der Waals surface area contributed by atoms with Gasteiger partial charge in [0.2, 0.25) is 14.7 Å². The van der Waals surface area contributed by atoms with Crippen LogP contribution in [0.2, 0.25) is 0 Å². The molecule has 0 spiro atoms. The number of rotatable bonds is 5. The Hall–Kier alpha value is -1.45. The maximum Gasteiger partial charge on any atom is 0.673 e. The number of halogens is 4. The van der Waals surface area contributed by atoms with E-state index >= 15 is 0 Å². The Kier molecular flexibility index (Phi) is 7.18. The molecule has 0 saturated carbocycles. The molecule has 1 unspecified atom stereocenters. The summed E-state index contributed by atoms with van der Waals surface area (Å²) in [5, 5.41) is 8.07. The molecule has 0 aliphatic rings. The maximum absolute atomic E-state index is 9.75. The molecule has 1 atom stereocenters. The Bertz CT molecular complexity index is 595. The van der Waals surface area contributed by atoms with E-state index in [0.717, 1.165) is 11.0 Å². The van der Waals surface area contributed by atoms with Gasteiger partial charge in [-0.3, -0.25) is 9.80 Å². The van der Waals surface area contributed by atoms with Crippen LogP contribution in [0.25, 0.3) is 11.0 Å². The van der Waals surface area contributed by atoms with E-state index in [1.54, 1.807) is 0 Å². The van der Waals surface area contributed by atoms with Gasteiger partial charge < -0.3 is 17.3 Å². The number of nitrogens with zero attached hydrogens (tertiary/aromatic N) is 5. The molecule has 1 aromatic heterocycles. The molecule has 0 radical (unpaired) electrons. The van der Waals surface area contributed by atoms with E-state index in [1.165, 1.54) is 4.85 Å². The summed E-state index contributed by atoms with van der Waals surface area (Å²) in [5.74, 6) is 0.271. The minimum absolute atomic E-state index is 0.271. The topological polar surface area (TPSA) is 46.4 Å². The smallest absolute Gasteiger partial charge is 0.418 e. The lowest BCUT2D eigenvalue weighted by Gasteiger charge is -2.23. The highest BCUT2D eigenvalue weighted by Gasteiger charge is 2.22. The number of hydrogen-bond acceptors (Lipinski definition) is 5. The second kappa shape index (κ2) is 8.42. The lowest BCUT2D eigenvalue weighted by Crippen LogP contribution is -2.38. The van der Waals surface area contributed by atoms with E-state index in [9.17, 15) is 17.3 Å². The van der Waals surface area contributed by atoms with Crippen LogP contribution in [0, 0.1) is 0 Å². The van der Waals surface area contributed by atoms with Gasteiger partial charge in [0.05, 0.1) is 0 Å². The number of aromatic nitrogens is 3. The SMILES string of the molecule is CN(C)C([PH2+]On1nnc2ccccc21)N(C)C.F[B-](F)(F)F. The Morgan fingerprint density at radius 2 is 1.61 bits per heavy atom. The van der Waals surface area contributed by atoms with Gasteiger partial charge in [-0.1, -0.05) is 12.1 Å². The van der Waals surface area contributed by atoms with Crippen LogP contribution in [-0.4, -0.2) is 66.3 Å². The van der Waals surface area contributed by atoms with E-state index < -0.39 is 7.25 Å². The van der Waals surface area contributed by atoms with Crippen LogP contribution >= 0.6 is 8.81 Å². The lowest BCUT2D eigenvalue weighted by molar-refractivity contribution is 0.182. The van der Waals surface area contributed by atoms with Crippen molar-refractivity contribution in [1.82, 2.24) is 25.0 Å². The summed E-state index contributed by atoms with van der Waals surface area (Å²) in [6, 6.07) is 7.77. The summed E-state index contributed by atoms with van der Waals surface area (Å²) in [5.41, 5.74) is 1.75. The monoisotopic (exact) mass is 355 g/mol. The average Bonchev–Trinajstić information content (AvgIpc) is 2.80. The van der Waals surface area contributed by atoms with Crippen molar-refractivity contribution in [2.24, 2.45) is 0 Å². The molecule has 6 nitrogen and oxygen atoms in total. The molecular formula is C11H19BF4N5OP. The zero-order valence-electron chi connectivity index (χ0n) is 13.2. The zero-order valence-corrected chi connectivity index (χ0v) is 14.4. The molecule has 23 heavy (non-hydrogen) atoms. The normalized spacial score (nSPS) is 12.5. The maximum atomic E-state index is 9.75. The summed E-state index contributed by atoms with van der Waals surface area (Å²) in [7, 11) is 1.89. The predicted octanol–water partition coefficient (Wildman–Crippen LogP) is 1.89. The molecule has 2 aromatic rings. The first-order valence-electron chi connectivity index (χ1n) is 6.60. The minimum Gasteiger partial charge on any atom is -0.418 e. The molecule has 130 valence electrons. The molecule has 0 fully saturated rings. The van der Waals surface area contributed by atoms with E-state index in [2.05, 4.69) is 20.1 Å². The Balaban J connectivity index is 0.000000463. The molecule has 0 aliphatic heterocycles. The highest BCUT2D eigenvalue weighted by molar-refractivity contribution is 7.33. The van der Waals surface area contributed by atoms with Gasteiger partial charge in [-0.15, -0.1) is 5.10 Å². The summed E-state index contributed by atoms with van der Waals surface area (Å²) in [6.45, 7) is 0. The van der Waals surface area contributed by atoms with Crippen molar-refractivity contribution in [1.29, 1.82) is 0 Å². The Labute approximate surface area is 133 Å². The predicted molar refractivity (Wildman–Crippen MR) is 85.2 cm³/mol. The molecule has 1 heterocycles. The molecule has 1 aromatic carbocycles. The van der Waals surface area contributed by atoms with Crippen LogP contribution in [0.3, 0.4) is 0 Å². The van der Waals surface area contributed by atoms with Crippen molar-refractivity contribution in [3.05, 3.63) is 24.3 Å². The highest BCUT2D eigenvalue weighted by Crippen LogP contribution is 2.21. The molecular weight excluding hydrogens is 336 g/mol. The van der Waals surface area contributed by atoms with Crippen LogP contribution in [-0.2, 0) is 0 Å². The van der Waals surface area contributed by atoms with E-state index in [4.69, 9.17) is 4.62 Å². The van der Waals surface area contributed by atoms with Gasteiger partial charge in [0, 0.05) is 0 Å². The fourth-order valence-electron chi connectivity index (χ4n) is 1.74. The van der Waals surface area contributed by atoms with Crippen LogP contribution in [0.1, 0.15) is 0 Å². The summed E-state index contributed by atoms with van der Waals surface area (Å²) in [4.78, 5) is 5.79. The van der Waals surface area contributed by atoms with Crippen molar-refractivity contribution in [2.45, 2.75) is 5.91 Å². The van der Waals surface area contributed by atoms with Gasteiger partial charge >= 0.3 is 7.25 Å². The van der Waals surface area contributed by atoms with E-state index in [1.807, 2.05) is 52.5 Å². The van der Waals surface area contributed by atoms with Crippen molar-refractivity contribution in [3.63, 3.8) is 0 Å². The van der Waals surface area contributed by atoms with Crippen molar-refractivity contribution in [3.8, 4) is 0 Å². The third-order valence-corrected chi connectivity index (χ3v) is 4.42. The minimum atomic E-state index is -6.00. The third-order valence-electron chi connectivity index (χ3n) is 2.66. The van der Waals surface area contributed by atoms with Gasteiger partial charge in [-0.05, 0) is 50.4 Å². The lowest BCUT2D eigenvalue weighted by atomic mass is 10.3. The largest absolute Gasteiger partial charge is 0.673 e. The fraction of sp³-hybridized carbons (Fsp3) is 0.455. The van der Waals surface area contributed by atoms with Crippen LogP contribution in [0.15, 0.2) is 24.3 Å². The van der Waals surface area contributed by atoms with Crippen molar-refractivity contribution in [2.75, 3.05) is 28.2 Å². The van der Waals surface area contributed by atoms with Crippen LogP contribution in [0.4, 0.5) is 17.3 Å². The highest BCUT2D eigenvalue weighted by atomic mass is 31.1. The number of fused-ring (bicyclic) bond motifs is 1. The van der Waals surface area contributed by atoms with Gasteiger partial charge in [0.15, 0.2) is 0 Å². The first-order chi connectivity index (χ1) is 10.6. The van der Waals surface area contributed by atoms with Crippen molar-refractivity contribution < 1.29 is 21.9 Å². The number of para-hydroxylation sites is 1. The molecule has 12 heteroatoms. The van der Waals surface area contributed by atoms with Gasteiger partial charge in [0.25, 0.3) is 0 Å². The molecule has 0 aliphatic carbocycles. The van der Waals surface area contributed by atoms with E-state index in [-0.39, 0.29) is 14.7 Å². The second-order valence-electron chi connectivity index (χ2n) is 5.03. The molecule has 0 N–H and O–H groups in total. The summed E-state index contributed by atoms with van der Waals surface area (Å²) < 4.78 is 44.8. The number of hydrogen-bond donors (Lipinski definition) is 0. The van der Waals surface area contributed by atoms with Gasteiger partial charge in [-0.2, -0.15) is 0 Å². The standard InChI is InChI=1S/C11H18N5OP.BF4/c1-14(2)11(15(3)4)18-17-16-10-8-6-5-7-9(10)12-13-16;2-1(3,4)5/h5-8,11,18H,1-4H3;/q;-1/p+1. The van der Waals surface area contributed by atoms with Gasteiger partial charge in [0.1, 0.15) is 11.0 Å². The number of benzene rings is 1. The Morgan fingerprint density at radius 3 is 2.13 bits per heavy atom. The molecule has 0 saturated heterocycles. The first-order valence-corrected chi connectivity index (χ1v) is 7.74. The molecule has 2 rings (SSSR count). The molecule has 0 amide bonds. The van der Waals surface area contributed by atoms with E-state index in [0.29, 0.717) is 0 Å².